The van der Waals surface area contributed by atoms with Crippen LogP contribution in [-0.2, 0) is 7.05 Å². The molecule has 3 aromatic heterocycles. The number of aryl methyl sites for hydroxylation is 2. The Morgan fingerprint density at radius 3 is 2.55 bits per heavy atom. The molecule has 6 rings (SSSR count). The molecular weight excluding hydrogens is 522 g/mol. The molecule has 6 aromatic rings. The summed E-state index contributed by atoms with van der Waals surface area (Å²) in [6.45, 7) is 4.54. The highest BCUT2D eigenvalue weighted by atomic mass is 16.5. The zero-order chi connectivity index (χ0) is 29.1. The van der Waals surface area contributed by atoms with Gasteiger partial charge in [-0.2, -0.15) is 0 Å². The van der Waals surface area contributed by atoms with Gasteiger partial charge in [0.05, 0.1) is 12.1 Å². The lowest BCUT2D eigenvalue weighted by atomic mass is 10.1. The fourth-order valence-electron chi connectivity index (χ4n) is 5.03. The fourth-order valence-corrected chi connectivity index (χ4v) is 5.03. The van der Waals surface area contributed by atoms with E-state index >= 15 is 0 Å². The van der Waals surface area contributed by atoms with Gasteiger partial charge in [0.1, 0.15) is 0 Å². The van der Waals surface area contributed by atoms with Gasteiger partial charge in [0.15, 0.2) is 0 Å². The van der Waals surface area contributed by atoms with Gasteiger partial charge in [-0.1, -0.05) is 30.3 Å². The molecule has 3 heterocycles. The maximum absolute atomic E-state index is 13.3. The quantitative estimate of drug-likeness (QED) is 0.200. The van der Waals surface area contributed by atoms with Gasteiger partial charge >= 0.3 is 0 Å². The first-order valence-corrected chi connectivity index (χ1v) is 13.9. The normalized spacial score (nSPS) is 10.9. The summed E-state index contributed by atoms with van der Waals surface area (Å²) in [5.41, 5.74) is 9.35. The van der Waals surface area contributed by atoms with Crippen molar-refractivity contribution in [3.05, 3.63) is 121 Å². The van der Waals surface area contributed by atoms with Gasteiger partial charge in [0.25, 0.3) is 5.91 Å². The van der Waals surface area contributed by atoms with Gasteiger partial charge in [-0.05, 0) is 73.5 Å². The summed E-state index contributed by atoms with van der Waals surface area (Å²) in [5.74, 6) is 0.436. The van der Waals surface area contributed by atoms with Crippen LogP contribution in [-0.4, -0.2) is 27.0 Å². The van der Waals surface area contributed by atoms with Crippen LogP contribution in [0, 0.1) is 6.92 Å². The molecule has 0 aliphatic rings. The summed E-state index contributed by atoms with van der Waals surface area (Å²) in [5, 5.41) is 7.64. The van der Waals surface area contributed by atoms with Crippen molar-refractivity contribution in [3.63, 3.8) is 0 Å². The first kappa shape index (κ1) is 26.8. The summed E-state index contributed by atoms with van der Waals surface area (Å²) in [4.78, 5) is 22.0. The Labute approximate surface area is 244 Å². The van der Waals surface area contributed by atoms with Crippen molar-refractivity contribution in [2.24, 2.45) is 7.05 Å². The summed E-state index contributed by atoms with van der Waals surface area (Å²) >= 11 is 0. The number of benzene rings is 3. The van der Waals surface area contributed by atoms with Gasteiger partial charge in [-0.15, -0.1) is 0 Å². The highest BCUT2D eigenvalue weighted by molar-refractivity contribution is 6.06. The molecule has 42 heavy (non-hydrogen) atoms. The molecule has 0 saturated heterocycles. The van der Waals surface area contributed by atoms with Crippen LogP contribution in [0.15, 0.2) is 110 Å². The zero-order valence-corrected chi connectivity index (χ0v) is 23.8. The summed E-state index contributed by atoms with van der Waals surface area (Å²) in [6.07, 6.45) is 7.52. The molecule has 0 aliphatic heterocycles. The fraction of sp³-hybridized carbons (Fsp3) is 0.114. The van der Waals surface area contributed by atoms with E-state index in [1.165, 1.54) is 0 Å². The van der Waals surface area contributed by atoms with E-state index in [4.69, 9.17) is 4.74 Å². The maximum Gasteiger partial charge on any atom is 0.255 e. The van der Waals surface area contributed by atoms with Gasteiger partial charge in [0.2, 0.25) is 5.88 Å². The van der Waals surface area contributed by atoms with Crippen LogP contribution < -0.4 is 15.4 Å². The molecule has 0 radical (unpaired) electrons. The number of amides is 1. The Morgan fingerprint density at radius 2 is 1.76 bits per heavy atom. The Hall–Kier alpha value is -5.43. The number of hydrogen-bond acceptors (Lipinski definition) is 5. The third-order valence-electron chi connectivity index (χ3n) is 7.22. The zero-order valence-electron chi connectivity index (χ0n) is 23.8. The van der Waals surface area contributed by atoms with Crippen molar-refractivity contribution >= 4 is 33.9 Å². The first-order chi connectivity index (χ1) is 20.5. The van der Waals surface area contributed by atoms with Gasteiger partial charge in [-0.3, -0.25) is 9.78 Å². The Morgan fingerprint density at radius 1 is 0.881 bits per heavy atom. The summed E-state index contributed by atoms with van der Waals surface area (Å²) < 4.78 is 7.54. The van der Waals surface area contributed by atoms with Gasteiger partial charge < -0.3 is 19.9 Å². The highest BCUT2D eigenvalue weighted by Crippen LogP contribution is 2.32. The molecule has 0 aliphatic carbocycles. The average Bonchev–Trinajstić information content (AvgIpc) is 3.35. The maximum atomic E-state index is 13.3. The number of fused-ring (bicyclic) bond motifs is 1. The number of nitrogens with zero attached hydrogens (tertiary/aromatic N) is 3. The number of nitrogens with one attached hydrogen (secondary N) is 2. The summed E-state index contributed by atoms with van der Waals surface area (Å²) in [6, 6.07) is 27.7. The van der Waals surface area contributed by atoms with Crippen LogP contribution in [0.5, 0.6) is 5.88 Å². The predicted molar refractivity (Wildman–Crippen MR) is 169 cm³/mol. The second kappa shape index (κ2) is 11.6. The van der Waals surface area contributed by atoms with E-state index < -0.39 is 0 Å². The lowest BCUT2D eigenvalue weighted by molar-refractivity contribution is 0.102. The Kier molecular flexibility index (Phi) is 7.39. The molecule has 0 fully saturated rings. The molecular formula is C35H31N5O2. The number of anilines is 3. The molecule has 1 amide bonds. The van der Waals surface area contributed by atoms with Crippen LogP contribution in [0.2, 0.25) is 0 Å². The molecule has 0 atom stereocenters. The van der Waals surface area contributed by atoms with E-state index in [0.717, 1.165) is 55.8 Å². The minimum atomic E-state index is -0.174. The third kappa shape index (κ3) is 5.58. The van der Waals surface area contributed by atoms with Crippen LogP contribution in [0.25, 0.3) is 33.2 Å². The van der Waals surface area contributed by atoms with Crippen molar-refractivity contribution in [3.8, 4) is 28.1 Å². The molecule has 0 unspecified atom stereocenters. The lowest BCUT2D eigenvalue weighted by Crippen LogP contribution is -2.12. The van der Waals surface area contributed by atoms with Crippen LogP contribution in [0.4, 0.5) is 17.1 Å². The number of hydrogen-bond donors (Lipinski definition) is 2. The monoisotopic (exact) mass is 553 g/mol. The van der Waals surface area contributed by atoms with Crippen LogP contribution >= 0.6 is 0 Å². The number of carbonyl (C=O) groups excluding carboxylic acids is 1. The van der Waals surface area contributed by atoms with E-state index in [-0.39, 0.29) is 5.91 Å². The predicted octanol–water partition coefficient (Wildman–Crippen LogP) is 8.01. The van der Waals surface area contributed by atoms with Gasteiger partial charge in [-0.25, -0.2) is 4.98 Å². The highest BCUT2D eigenvalue weighted by Gasteiger charge is 2.13. The average molecular weight is 554 g/mol. The Bertz CT molecular complexity index is 1880. The molecule has 7 heteroatoms. The minimum absolute atomic E-state index is 0.174. The number of pyridine rings is 2. The van der Waals surface area contributed by atoms with Crippen LogP contribution in [0.3, 0.4) is 0 Å². The van der Waals surface area contributed by atoms with E-state index in [1.807, 2.05) is 106 Å². The van der Waals surface area contributed by atoms with E-state index in [9.17, 15) is 4.79 Å². The second-order valence-corrected chi connectivity index (χ2v) is 10.1. The molecule has 0 spiro atoms. The molecule has 7 nitrogen and oxygen atoms in total. The first-order valence-electron chi connectivity index (χ1n) is 13.9. The molecule has 0 bridgehead atoms. The largest absolute Gasteiger partial charge is 0.478 e. The standard InChI is InChI=1S/C35H31N5O2/c1-4-42-34-15-12-27(21-37-34)31-22-40(3)33-19-29(13-14-30(31)33)39-35(41)25-11-10-23(2)32(18-25)38-28-9-5-7-24(17-28)26-8-6-16-36-20-26/h5-22,38H,4H2,1-3H3,(H,39,41). The number of carbonyl (C=O) groups is 1. The Balaban J connectivity index is 1.21. The number of aromatic nitrogens is 3. The van der Waals surface area contributed by atoms with Crippen molar-refractivity contribution in [2.45, 2.75) is 13.8 Å². The third-order valence-corrected chi connectivity index (χ3v) is 7.22. The second-order valence-electron chi connectivity index (χ2n) is 10.1. The number of ether oxygens (including phenoxy) is 1. The van der Waals surface area contributed by atoms with Crippen molar-refractivity contribution in [1.29, 1.82) is 0 Å². The molecule has 208 valence electrons. The van der Waals surface area contributed by atoms with Crippen molar-refractivity contribution in [1.82, 2.24) is 14.5 Å². The molecule has 0 saturated carbocycles. The molecule has 2 N–H and O–H groups in total. The van der Waals surface area contributed by atoms with E-state index in [2.05, 4.69) is 43.5 Å². The van der Waals surface area contributed by atoms with Gasteiger partial charge in [0, 0.05) is 82.6 Å². The van der Waals surface area contributed by atoms with Crippen molar-refractivity contribution in [2.75, 3.05) is 17.2 Å². The van der Waals surface area contributed by atoms with E-state index in [1.54, 1.807) is 6.20 Å². The topological polar surface area (TPSA) is 81.1 Å². The van der Waals surface area contributed by atoms with Crippen molar-refractivity contribution < 1.29 is 9.53 Å². The van der Waals surface area contributed by atoms with Crippen LogP contribution in [0.1, 0.15) is 22.8 Å². The summed E-state index contributed by atoms with van der Waals surface area (Å²) in [7, 11) is 2.00. The minimum Gasteiger partial charge on any atom is -0.478 e. The lowest BCUT2D eigenvalue weighted by Gasteiger charge is -2.13. The molecule has 3 aromatic carbocycles. The number of rotatable bonds is 8. The SMILES string of the molecule is CCOc1ccc(-c2cn(C)c3cc(NC(=O)c4ccc(C)c(Nc5cccc(-c6cccnc6)c5)c4)ccc23)cn1. The smallest absolute Gasteiger partial charge is 0.255 e. The van der Waals surface area contributed by atoms with E-state index in [0.29, 0.717) is 18.1 Å².